The van der Waals surface area contributed by atoms with Crippen LogP contribution in [-0.4, -0.2) is 53.4 Å². The zero-order valence-corrected chi connectivity index (χ0v) is 14.0. The maximum Gasteiger partial charge on any atom is 0.254 e. The zero-order chi connectivity index (χ0) is 17.2. The number of hydrogen-bond acceptors (Lipinski definition) is 5. The lowest BCUT2D eigenvalue weighted by Crippen LogP contribution is -2.38. The lowest BCUT2D eigenvalue weighted by atomic mass is 10.1. The first-order valence-corrected chi connectivity index (χ1v) is 8.34. The molecule has 8 heteroatoms. The van der Waals surface area contributed by atoms with Crippen molar-refractivity contribution in [2.75, 3.05) is 6.54 Å². The Kier molecular flexibility index (Phi) is 4.01. The quantitative estimate of drug-likeness (QED) is 0.720. The number of aryl methyl sites for hydroxylation is 1. The van der Waals surface area contributed by atoms with Crippen molar-refractivity contribution in [3.63, 3.8) is 0 Å². The lowest BCUT2D eigenvalue weighted by Gasteiger charge is -2.25. The van der Waals surface area contributed by atoms with E-state index in [9.17, 15) is 4.79 Å². The average molecular weight is 337 g/mol. The summed E-state index contributed by atoms with van der Waals surface area (Å²) in [4.78, 5) is 15.0. The van der Waals surface area contributed by atoms with Gasteiger partial charge in [-0.05, 0) is 54.0 Å². The lowest BCUT2D eigenvalue weighted by molar-refractivity contribution is 0.0721. The van der Waals surface area contributed by atoms with E-state index in [2.05, 4.69) is 20.6 Å². The van der Waals surface area contributed by atoms with Crippen molar-refractivity contribution in [2.24, 2.45) is 0 Å². The summed E-state index contributed by atoms with van der Waals surface area (Å²) in [7, 11) is 0. The third-order valence-corrected chi connectivity index (χ3v) is 4.50. The van der Waals surface area contributed by atoms with Crippen molar-refractivity contribution >= 4 is 5.91 Å². The predicted molar refractivity (Wildman–Crippen MR) is 90.2 cm³/mol. The summed E-state index contributed by atoms with van der Waals surface area (Å²) < 4.78 is 3.47. The number of benzene rings is 1. The van der Waals surface area contributed by atoms with Gasteiger partial charge in [-0.15, -0.1) is 5.10 Å². The largest absolute Gasteiger partial charge is 0.334 e. The average Bonchev–Trinajstić information content (AvgIpc) is 3.37. The Labute approximate surface area is 145 Å². The molecule has 0 saturated carbocycles. The van der Waals surface area contributed by atoms with E-state index in [1.807, 2.05) is 53.2 Å². The molecule has 1 amide bonds. The molecule has 0 bridgehead atoms. The van der Waals surface area contributed by atoms with E-state index in [0.717, 1.165) is 37.2 Å². The van der Waals surface area contributed by atoms with Gasteiger partial charge >= 0.3 is 0 Å². The topological polar surface area (TPSA) is 81.7 Å². The zero-order valence-electron chi connectivity index (χ0n) is 14.0. The summed E-state index contributed by atoms with van der Waals surface area (Å²) in [6.45, 7) is 3.52. The van der Waals surface area contributed by atoms with Crippen LogP contribution in [0.2, 0.25) is 0 Å². The van der Waals surface area contributed by atoms with Gasteiger partial charge in [-0.1, -0.05) is 6.07 Å². The fourth-order valence-corrected chi connectivity index (χ4v) is 3.30. The molecule has 0 spiro atoms. The molecule has 128 valence electrons. The Morgan fingerprint density at radius 1 is 1.36 bits per heavy atom. The molecule has 3 heterocycles. The fraction of sp³-hybridized carbons (Fsp3) is 0.353. The van der Waals surface area contributed by atoms with Crippen LogP contribution in [0.5, 0.6) is 0 Å². The number of tetrazole rings is 1. The number of likely N-dealkylation sites (tertiary alicyclic amines) is 1. The highest BCUT2D eigenvalue weighted by atomic mass is 16.2. The number of nitrogens with zero attached hydrogens (tertiary/aromatic N) is 7. The minimum absolute atomic E-state index is 0.0429. The van der Waals surface area contributed by atoms with Gasteiger partial charge in [0.05, 0.1) is 24.5 Å². The minimum atomic E-state index is 0.0429. The predicted octanol–water partition coefficient (Wildman–Crippen LogP) is 1.47. The Morgan fingerprint density at radius 3 is 3.04 bits per heavy atom. The van der Waals surface area contributed by atoms with Crippen molar-refractivity contribution in [3.8, 4) is 5.69 Å². The molecular weight excluding hydrogens is 318 g/mol. The molecule has 0 radical (unpaired) electrons. The summed E-state index contributed by atoms with van der Waals surface area (Å²) in [5, 5.41) is 15.5. The van der Waals surface area contributed by atoms with Gasteiger partial charge in [0.15, 0.2) is 0 Å². The van der Waals surface area contributed by atoms with Gasteiger partial charge in [-0.3, -0.25) is 9.48 Å². The number of aromatic nitrogens is 6. The van der Waals surface area contributed by atoms with Crippen LogP contribution in [0.1, 0.15) is 28.8 Å². The minimum Gasteiger partial charge on any atom is -0.334 e. The third-order valence-electron chi connectivity index (χ3n) is 4.50. The van der Waals surface area contributed by atoms with Gasteiger partial charge in [-0.25, -0.2) is 4.68 Å². The first-order chi connectivity index (χ1) is 12.2. The molecule has 3 aromatic rings. The number of carbonyl (C=O) groups is 1. The third kappa shape index (κ3) is 3.15. The number of carbonyl (C=O) groups excluding carboxylic acids is 1. The summed E-state index contributed by atoms with van der Waals surface area (Å²) in [6.07, 6.45) is 7.39. The van der Waals surface area contributed by atoms with Gasteiger partial charge in [0, 0.05) is 18.3 Å². The van der Waals surface area contributed by atoms with E-state index >= 15 is 0 Å². The molecule has 1 atom stereocenters. The Balaban J connectivity index is 1.54. The Hall–Kier alpha value is -3.03. The summed E-state index contributed by atoms with van der Waals surface area (Å²) in [5.74, 6) is 0.0429. The van der Waals surface area contributed by atoms with Crippen LogP contribution >= 0.6 is 0 Å². The molecule has 0 aliphatic carbocycles. The monoisotopic (exact) mass is 337 g/mol. The van der Waals surface area contributed by atoms with E-state index in [1.54, 1.807) is 4.68 Å². The van der Waals surface area contributed by atoms with Crippen LogP contribution in [0.4, 0.5) is 0 Å². The van der Waals surface area contributed by atoms with Crippen LogP contribution < -0.4 is 0 Å². The molecule has 4 rings (SSSR count). The van der Waals surface area contributed by atoms with E-state index in [0.29, 0.717) is 5.56 Å². The van der Waals surface area contributed by atoms with E-state index in [4.69, 9.17) is 0 Å². The number of hydrogen-bond donors (Lipinski definition) is 0. The summed E-state index contributed by atoms with van der Waals surface area (Å²) in [6, 6.07) is 7.56. The normalized spacial score (nSPS) is 17.2. The second-order valence-electron chi connectivity index (χ2n) is 6.34. The van der Waals surface area contributed by atoms with Crippen molar-refractivity contribution < 1.29 is 4.79 Å². The highest BCUT2D eigenvalue weighted by molar-refractivity contribution is 5.95. The van der Waals surface area contributed by atoms with Crippen LogP contribution in [0, 0.1) is 6.92 Å². The van der Waals surface area contributed by atoms with Gasteiger partial charge in [0.1, 0.15) is 6.33 Å². The molecule has 1 aromatic carbocycles. The van der Waals surface area contributed by atoms with Crippen molar-refractivity contribution in [2.45, 2.75) is 32.4 Å². The second-order valence-corrected chi connectivity index (χ2v) is 6.34. The summed E-state index contributed by atoms with van der Waals surface area (Å²) in [5.41, 5.74) is 2.55. The highest BCUT2D eigenvalue weighted by Crippen LogP contribution is 2.22. The molecule has 2 aromatic heterocycles. The SMILES string of the molecule is Cc1cnn(C[C@@H]2CCCN2C(=O)c2cccc(-n3cnnn3)c2)c1. The molecule has 1 fully saturated rings. The summed E-state index contributed by atoms with van der Waals surface area (Å²) >= 11 is 0. The molecule has 1 saturated heterocycles. The Bertz CT molecular complexity index is 871. The molecular formula is C17H19N7O. The van der Waals surface area contributed by atoms with Crippen LogP contribution in [-0.2, 0) is 6.54 Å². The standard InChI is InChI=1S/C17H19N7O/c1-13-9-19-22(10-13)11-16-6-3-7-23(16)17(25)14-4-2-5-15(8-14)24-12-18-20-21-24/h2,4-5,8-10,12,16H,3,6-7,11H2,1H3/t16-/m0/s1. The van der Waals surface area contributed by atoms with Crippen molar-refractivity contribution in [1.82, 2.24) is 34.9 Å². The number of rotatable bonds is 4. The van der Waals surface area contributed by atoms with E-state index < -0.39 is 0 Å². The van der Waals surface area contributed by atoms with Crippen LogP contribution in [0.15, 0.2) is 43.0 Å². The van der Waals surface area contributed by atoms with Gasteiger partial charge < -0.3 is 4.90 Å². The second kappa shape index (κ2) is 6.46. The molecule has 1 aliphatic rings. The van der Waals surface area contributed by atoms with Gasteiger partial charge in [-0.2, -0.15) is 5.10 Å². The van der Waals surface area contributed by atoms with E-state index in [1.165, 1.54) is 6.33 Å². The molecule has 25 heavy (non-hydrogen) atoms. The van der Waals surface area contributed by atoms with Crippen LogP contribution in [0.25, 0.3) is 5.69 Å². The van der Waals surface area contributed by atoms with Gasteiger partial charge in [0.25, 0.3) is 5.91 Å². The maximum atomic E-state index is 13.0. The van der Waals surface area contributed by atoms with Crippen molar-refractivity contribution in [1.29, 1.82) is 0 Å². The van der Waals surface area contributed by atoms with Crippen molar-refractivity contribution in [3.05, 3.63) is 54.1 Å². The Morgan fingerprint density at radius 2 is 2.28 bits per heavy atom. The smallest absolute Gasteiger partial charge is 0.254 e. The number of amides is 1. The molecule has 1 aliphatic heterocycles. The highest BCUT2D eigenvalue weighted by Gasteiger charge is 2.30. The van der Waals surface area contributed by atoms with Gasteiger partial charge in [0.2, 0.25) is 0 Å². The first kappa shape index (κ1) is 15.5. The van der Waals surface area contributed by atoms with E-state index in [-0.39, 0.29) is 11.9 Å². The maximum absolute atomic E-state index is 13.0. The fourth-order valence-electron chi connectivity index (χ4n) is 3.30. The molecule has 0 unspecified atom stereocenters. The van der Waals surface area contributed by atoms with Crippen LogP contribution in [0.3, 0.4) is 0 Å². The molecule has 8 nitrogen and oxygen atoms in total. The molecule has 0 N–H and O–H groups in total. The first-order valence-electron chi connectivity index (χ1n) is 8.34.